The molecule has 4 atom stereocenters. The topological polar surface area (TPSA) is 195 Å². The summed E-state index contributed by atoms with van der Waals surface area (Å²) < 4.78 is 35.7. The number of unbranched alkanes of at least 4 members (excludes halogenated alkanes) is 3. The van der Waals surface area contributed by atoms with Crippen LogP contribution in [0.3, 0.4) is 0 Å². The summed E-state index contributed by atoms with van der Waals surface area (Å²) in [4.78, 5) is 72.8. The summed E-state index contributed by atoms with van der Waals surface area (Å²) in [5.74, 6) is -1.30. The number of anilines is 1. The molecule has 1 heterocycles. The first-order valence-electron chi connectivity index (χ1n) is 22.9. The van der Waals surface area contributed by atoms with Crippen LogP contribution in [0.15, 0.2) is 82.6 Å². The molecular weight excluding hydrogens is 879 g/mol. The Morgan fingerprint density at radius 1 is 0.636 bits per heavy atom. The highest BCUT2D eigenvalue weighted by Gasteiger charge is 2.32. The number of carbonyl (C=O) groups excluding carboxylic acids is 5. The molecule has 0 unspecified atom stereocenters. The third-order valence-electron chi connectivity index (χ3n) is 12.5. The number of thioether (sulfide) groups is 1. The molecule has 4 aromatic carbocycles. The molecule has 0 radical (unpaired) electrons. The number of rotatable bonds is 12. The Labute approximate surface area is 391 Å². The Bertz CT molecular complexity index is 2480. The lowest BCUT2D eigenvalue weighted by Crippen LogP contribution is -2.53. The number of amides is 5. The number of benzene rings is 4. The largest absolute Gasteiger partial charge is 0.494 e. The molecular formula is C49H61N7O8S2. The number of nitrogens with one attached hydrogen (secondary N) is 5. The molecule has 66 heavy (non-hydrogen) atoms. The number of ether oxygens (including phenoxy) is 1. The van der Waals surface area contributed by atoms with Crippen molar-refractivity contribution >= 4 is 67.1 Å². The molecule has 2 saturated carbocycles. The number of fused-ring (bicyclic) bond motifs is 7. The van der Waals surface area contributed by atoms with Gasteiger partial charge in [-0.2, -0.15) is 0 Å². The van der Waals surface area contributed by atoms with Gasteiger partial charge in [-0.05, 0) is 98.8 Å². The Hall–Kier alpha value is -5.65. The van der Waals surface area contributed by atoms with Gasteiger partial charge < -0.3 is 35.8 Å². The normalized spacial score (nSPS) is 20.3. The van der Waals surface area contributed by atoms with E-state index in [2.05, 4.69) is 26.0 Å². The van der Waals surface area contributed by atoms with E-state index in [1.807, 2.05) is 43.3 Å². The third kappa shape index (κ3) is 12.0. The van der Waals surface area contributed by atoms with E-state index in [0.29, 0.717) is 61.2 Å². The minimum Gasteiger partial charge on any atom is -0.494 e. The maximum absolute atomic E-state index is 14.1. The van der Waals surface area contributed by atoms with Gasteiger partial charge in [0.2, 0.25) is 10.0 Å². The van der Waals surface area contributed by atoms with Crippen molar-refractivity contribution in [1.82, 2.24) is 30.9 Å². The maximum Gasteiger partial charge on any atom is 0.285 e. The average Bonchev–Trinajstić information content (AvgIpc) is 3.30. The highest BCUT2D eigenvalue weighted by molar-refractivity contribution is 8.13. The van der Waals surface area contributed by atoms with Crippen molar-refractivity contribution in [3.05, 3.63) is 95.1 Å². The molecule has 4 bridgehead atoms. The molecule has 0 aromatic heterocycles. The molecule has 2 fully saturated rings. The molecule has 0 spiro atoms. The highest BCUT2D eigenvalue weighted by atomic mass is 32.2. The van der Waals surface area contributed by atoms with E-state index in [1.165, 1.54) is 11.0 Å². The summed E-state index contributed by atoms with van der Waals surface area (Å²) in [5, 5.41) is 13.7. The van der Waals surface area contributed by atoms with Crippen LogP contribution in [0.25, 0.3) is 10.8 Å². The molecule has 4 aromatic rings. The first-order valence-corrected chi connectivity index (χ1v) is 25.2. The fourth-order valence-corrected chi connectivity index (χ4v) is 11.0. The minimum absolute atomic E-state index is 0.219. The van der Waals surface area contributed by atoms with Crippen molar-refractivity contribution in [3.63, 3.8) is 0 Å². The Kier molecular flexibility index (Phi) is 15.9. The standard InChI is InChI=1S/C49H61N7O8S2/c1-55(2)43-21-13-16-38-37(43)15-14-22-44(38)66(62,63)50-23-11-5-6-12-24-64-35-27-31-25-32(28-35)46(58)52-40-18-8-10-20-42(40)54-48(60)34-26-33(29-36(30-34)65-49(61)56(3)4)47(59)53-41-19-9-7-17-39(41)51-45(31)57/h13-16,21-22,25-30,39-42,50H,5-12,17-20,23-24H2,1-4H3,(H,51,57)(H,52,58)(H,53,59)(H,54,60)/t39-,40-,41-,42-/m1/s1. The van der Waals surface area contributed by atoms with E-state index < -0.39 is 57.8 Å². The van der Waals surface area contributed by atoms with Crippen LogP contribution in [0.2, 0.25) is 0 Å². The van der Waals surface area contributed by atoms with Crippen LogP contribution in [-0.2, 0) is 10.0 Å². The fourth-order valence-electron chi connectivity index (χ4n) is 8.96. The van der Waals surface area contributed by atoms with Crippen LogP contribution in [-0.4, -0.2) is 108 Å². The van der Waals surface area contributed by atoms with E-state index in [4.69, 9.17) is 4.74 Å². The lowest BCUT2D eigenvalue weighted by atomic mass is 9.89. The van der Waals surface area contributed by atoms with Crippen LogP contribution >= 0.6 is 11.8 Å². The Morgan fingerprint density at radius 2 is 1.11 bits per heavy atom. The van der Waals surface area contributed by atoms with E-state index in [1.54, 1.807) is 56.6 Å². The highest BCUT2D eigenvalue weighted by Crippen LogP contribution is 2.31. The molecule has 3 aliphatic rings. The van der Waals surface area contributed by atoms with Crippen LogP contribution in [0.5, 0.6) is 5.75 Å². The van der Waals surface area contributed by atoms with Crippen molar-refractivity contribution in [2.75, 3.05) is 46.2 Å². The van der Waals surface area contributed by atoms with Gasteiger partial charge in [0, 0.05) is 103 Å². The maximum atomic E-state index is 14.1. The van der Waals surface area contributed by atoms with E-state index in [0.717, 1.165) is 61.4 Å². The molecule has 352 valence electrons. The summed E-state index contributed by atoms with van der Waals surface area (Å²) >= 11 is 0.919. The Balaban J connectivity index is 1.03. The first kappa shape index (κ1) is 48.3. The van der Waals surface area contributed by atoms with Gasteiger partial charge in [-0.3, -0.25) is 24.0 Å². The molecule has 5 N–H and O–H groups in total. The molecule has 1 aliphatic heterocycles. The van der Waals surface area contributed by atoms with Crippen molar-refractivity contribution in [2.24, 2.45) is 0 Å². The molecule has 15 nitrogen and oxygen atoms in total. The van der Waals surface area contributed by atoms with Crippen molar-refractivity contribution in [1.29, 1.82) is 0 Å². The molecule has 7 rings (SSSR count). The summed E-state index contributed by atoms with van der Waals surface area (Å²) in [6.07, 6.45) is 8.63. The average molecular weight is 940 g/mol. The second-order valence-corrected chi connectivity index (χ2v) is 20.6. The zero-order chi connectivity index (χ0) is 47.0. The Morgan fingerprint density at radius 3 is 1.61 bits per heavy atom. The molecule has 2 aliphatic carbocycles. The van der Waals surface area contributed by atoms with Gasteiger partial charge in [0.25, 0.3) is 28.9 Å². The summed E-state index contributed by atoms with van der Waals surface area (Å²) in [6, 6.07) is 18.8. The lowest BCUT2D eigenvalue weighted by molar-refractivity contribution is 0.0854. The summed E-state index contributed by atoms with van der Waals surface area (Å²) in [6.45, 7) is 0.588. The van der Waals surface area contributed by atoms with Crippen LogP contribution < -0.4 is 35.6 Å². The van der Waals surface area contributed by atoms with Crippen LogP contribution in [0.4, 0.5) is 10.5 Å². The molecule has 5 amide bonds. The van der Waals surface area contributed by atoms with Gasteiger partial charge in [0.05, 0.1) is 11.5 Å². The van der Waals surface area contributed by atoms with E-state index in [-0.39, 0.29) is 38.9 Å². The first-order chi connectivity index (χ1) is 31.7. The number of hydrogen-bond acceptors (Lipinski definition) is 10. The van der Waals surface area contributed by atoms with Gasteiger partial charge in [0.1, 0.15) is 5.75 Å². The summed E-state index contributed by atoms with van der Waals surface area (Å²) in [5.41, 5.74) is 1.85. The van der Waals surface area contributed by atoms with Gasteiger partial charge >= 0.3 is 0 Å². The van der Waals surface area contributed by atoms with E-state index in [9.17, 15) is 32.4 Å². The molecule has 0 saturated heterocycles. The SMILES string of the molecule is CN(C)C(=O)Sc1cc2cc(c1)C(=O)N[C@@H]1CCCC[C@H]1NC(=O)c1cc(OCCCCCCNS(=O)(=O)c3cccc4c(N(C)C)cccc34)cc(c1)C(=O)N[C@@H]1CCCC[C@H]1NC2=O. The summed E-state index contributed by atoms with van der Waals surface area (Å²) in [7, 11) is 3.37. The predicted molar refractivity (Wildman–Crippen MR) is 257 cm³/mol. The predicted octanol–water partition coefficient (Wildman–Crippen LogP) is 6.85. The second-order valence-electron chi connectivity index (χ2n) is 17.8. The quantitative estimate of drug-likeness (QED) is 0.0741. The lowest BCUT2D eigenvalue weighted by Gasteiger charge is -2.33. The molecule has 17 heteroatoms. The minimum atomic E-state index is -3.74. The smallest absolute Gasteiger partial charge is 0.285 e. The third-order valence-corrected chi connectivity index (χ3v) is 15.0. The van der Waals surface area contributed by atoms with Crippen molar-refractivity contribution in [3.8, 4) is 5.75 Å². The van der Waals surface area contributed by atoms with Crippen molar-refractivity contribution in [2.45, 2.75) is 111 Å². The number of hydrogen-bond donors (Lipinski definition) is 5. The van der Waals surface area contributed by atoms with Crippen molar-refractivity contribution < 1.29 is 37.1 Å². The fraction of sp³-hybridized carbons (Fsp3) is 0.449. The zero-order valence-electron chi connectivity index (χ0n) is 38.1. The van der Waals surface area contributed by atoms with Crippen LogP contribution in [0.1, 0.15) is 118 Å². The van der Waals surface area contributed by atoms with Gasteiger partial charge in [-0.25, -0.2) is 13.1 Å². The van der Waals surface area contributed by atoms with Gasteiger partial charge in [-0.1, -0.05) is 62.8 Å². The number of sulfonamides is 1. The second kappa shape index (κ2) is 21.8. The van der Waals surface area contributed by atoms with Gasteiger partial charge in [-0.15, -0.1) is 0 Å². The van der Waals surface area contributed by atoms with Crippen LogP contribution in [0, 0.1) is 0 Å². The number of nitrogens with zero attached hydrogens (tertiary/aromatic N) is 2. The monoisotopic (exact) mass is 939 g/mol. The van der Waals surface area contributed by atoms with E-state index >= 15 is 0 Å². The zero-order valence-corrected chi connectivity index (χ0v) is 39.7. The number of carbonyl (C=O) groups is 5. The van der Waals surface area contributed by atoms with Gasteiger partial charge in [0.15, 0.2) is 0 Å².